The van der Waals surface area contributed by atoms with E-state index in [1.165, 1.54) is 20.3 Å². The molecule has 4 heteroatoms. The van der Waals surface area contributed by atoms with Crippen molar-refractivity contribution in [2.45, 2.75) is 19.8 Å². The minimum absolute atomic E-state index is 0.117. The Morgan fingerprint density at radius 1 is 1.19 bits per heavy atom. The number of benzene rings is 1. The lowest BCUT2D eigenvalue weighted by molar-refractivity contribution is 0.0694. The number of carbonyl (C=O) groups is 1. The van der Waals surface area contributed by atoms with Crippen LogP contribution in [0.4, 0.5) is 0 Å². The molecular weight excluding hydrogens is 208 g/mol. The van der Waals surface area contributed by atoms with Crippen molar-refractivity contribution in [2.24, 2.45) is 0 Å². The molecule has 4 nitrogen and oxygen atoms in total. The van der Waals surface area contributed by atoms with Crippen LogP contribution in [0, 0.1) is 0 Å². The SMILES string of the molecule is COc1cc(C(=O)O)c(C(C)C)cc1OC. The van der Waals surface area contributed by atoms with Crippen molar-refractivity contribution in [1.29, 1.82) is 0 Å². The number of carboxylic acids is 1. The summed E-state index contributed by atoms with van der Waals surface area (Å²) in [4.78, 5) is 11.1. The van der Waals surface area contributed by atoms with E-state index >= 15 is 0 Å². The van der Waals surface area contributed by atoms with Gasteiger partial charge in [-0.25, -0.2) is 4.79 Å². The summed E-state index contributed by atoms with van der Waals surface area (Å²) in [6.07, 6.45) is 0. The van der Waals surface area contributed by atoms with E-state index in [0.717, 1.165) is 5.56 Å². The Hall–Kier alpha value is -1.71. The second kappa shape index (κ2) is 4.88. The molecule has 0 bridgehead atoms. The topological polar surface area (TPSA) is 55.8 Å². The van der Waals surface area contributed by atoms with E-state index in [9.17, 15) is 4.79 Å². The van der Waals surface area contributed by atoms with Gasteiger partial charge in [-0.15, -0.1) is 0 Å². The summed E-state index contributed by atoms with van der Waals surface area (Å²) in [5, 5.41) is 9.10. The van der Waals surface area contributed by atoms with Gasteiger partial charge in [0.1, 0.15) is 0 Å². The number of rotatable bonds is 4. The lowest BCUT2D eigenvalue weighted by atomic mass is 9.96. The van der Waals surface area contributed by atoms with E-state index in [1.54, 1.807) is 6.07 Å². The van der Waals surface area contributed by atoms with E-state index in [4.69, 9.17) is 14.6 Å². The highest BCUT2D eigenvalue weighted by molar-refractivity contribution is 5.90. The Balaban J connectivity index is 3.41. The van der Waals surface area contributed by atoms with Crippen molar-refractivity contribution in [1.82, 2.24) is 0 Å². The largest absolute Gasteiger partial charge is 0.493 e. The third-order valence-corrected chi connectivity index (χ3v) is 2.41. The van der Waals surface area contributed by atoms with Gasteiger partial charge < -0.3 is 14.6 Å². The normalized spacial score (nSPS) is 10.3. The number of carboxylic acid groups (broad SMARTS) is 1. The number of hydrogen-bond acceptors (Lipinski definition) is 3. The molecular formula is C12H16O4. The standard InChI is InChI=1S/C12H16O4/c1-7(2)8-5-10(15-3)11(16-4)6-9(8)12(13)14/h5-7H,1-4H3,(H,13,14). The molecule has 0 saturated heterocycles. The minimum atomic E-state index is -0.954. The molecule has 0 spiro atoms. The third-order valence-electron chi connectivity index (χ3n) is 2.41. The van der Waals surface area contributed by atoms with E-state index in [2.05, 4.69) is 0 Å². The van der Waals surface area contributed by atoms with Crippen LogP contribution >= 0.6 is 0 Å². The molecule has 16 heavy (non-hydrogen) atoms. The second-order valence-electron chi connectivity index (χ2n) is 3.75. The lowest BCUT2D eigenvalue weighted by Crippen LogP contribution is -2.05. The van der Waals surface area contributed by atoms with Crippen LogP contribution < -0.4 is 9.47 Å². The summed E-state index contributed by atoms with van der Waals surface area (Å²) in [5.74, 6) is 0.149. The predicted molar refractivity (Wildman–Crippen MR) is 60.6 cm³/mol. The molecule has 1 aromatic rings. The summed E-state index contributed by atoms with van der Waals surface area (Å²) in [5.41, 5.74) is 0.998. The molecule has 1 N–H and O–H groups in total. The molecule has 0 aliphatic heterocycles. The fraction of sp³-hybridized carbons (Fsp3) is 0.417. The first-order chi connectivity index (χ1) is 7.51. The highest BCUT2D eigenvalue weighted by Crippen LogP contribution is 2.33. The molecule has 0 saturated carbocycles. The summed E-state index contributed by atoms with van der Waals surface area (Å²) in [6, 6.07) is 3.21. The van der Waals surface area contributed by atoms with Gasteiger partial charge in [-0.05, 0) is 23.6 Å². The van der Waals surface area contributed by atoms with Crippen molar-refractivity contribution in [3.8, 4) is 11.5 Å². The third kappa shape index (κ3) is 2.27. The van der Waals surface area contributed by atoms with Crippen LogP contribution in [0.3, 0.4) is 0 Å². The molecule has 0 radical (unpaired) electrons. The summed E-state index contributed by atoms with van der Waals surface area (Å²) >= 11 is 0. The summed E-state index contributed by atoms with van der Waals surface area (Å²) in [6.45, 7) is 3.88. The Morgan fingerprint density at radius 3 is 2.06 bits per heavy atom. The lowest BCUT2D eigenvalue weighted by Gasteiger charge is -2.14. The fourth-order valence-corrected chi connectivity index (χ4v) is 1.56. The average molecular weight is 224 g/mol. The van der Waals surface area contributed by atoms with Gasteiger partial charge in [-0.3, -0.25) is 0 Å². The van der Waals surface area contributed by atoms with E-state index in [1.807, 2.05) is 13.8 Å². The first-order valence-electron chi connectivity index (χ1n) is 5.00. The maximum Gasteiger partial charge on any atom is 0.336 e. The monoisotopic (exact) mass is 224 g/mol. The van der Waals surface area contributed by atoms with Gasteiger partial charge in [0.25, 0.3) is 0 Å². The second-order valence-corrected chi connectivity index (χ2v) is 3.75. The van der Waals surface area contributed by atoms with Gasteiger partial charge in [-0.1, -0.05) is 13.8 Å². The van der Waals surface area contributed by atoms with Gasteiger partial charge in [0.15, 0.2) is 11.5 Å². The fourth-order valence-electron chi connectivity index (χ4n) is 1.56. The quantitative estimate of drug-likeness (QED) is 0.853. The summed E-state index contributed by atoms with van der Waals surface area (Å²) < 4.78 is 10.2. The molecule has 1 aromatic carbocycles. The molecule has 0 aromatic heterocycles. The zero-order chi connectivity index (χ0) is 12.3. The maximum absolute atomic E-state index is 11.1. The first kappa shape index (κ1) is 12.4. The zero-order valence-electron chi connectivity index (χ0n) is 9.90. The maximum atomic E-state index is 11.1. The Labute approximate surface area is 94.8 Å². The number of methoxy groups -OCH3 is 2. The van der Waals surface area contributed by atoms with Crippen LogP contribution in [0.2, 0.25) is 0 Å². The number of hydrogen-bond donors (Lipinski definition) is 1. The molecule has 0 atom stereocenters. The van der Waals surface area contributed by atoms with Crippen LogP contribution in [0.1, 0.15) is 35.7 Å². The van der Waals surface area contributed by atoms with Gasteiger partial charge in [0.05, 0.1) is 19.8 Å². The van der Waals surface area contributed by atoms with Crippen LogP contribution in [-0.4, -0.2) is 25.3 Å². The zero-order valence-corrected chi connectivity index (χ0v) is 9.90. The number of aromatic carboxylic acids is 1. The Morgan fingerprint density at radius 2 is 1.69 bits per heavy atom. The van der Waals surface area contributed by atoms with Crippen molar-refractivity contribution >= 4 is 5.97 Å². The van der Waals surface area contributed by atoms with Crippen molar-refractivity contribution in [3.05, 3.63) is 23.3 Å². The van der Waals surface area contributed by atoms with Crippen molar-refractivity contribution < 1.29 is 19.4 Å². The molecule has 1 rings (SSSR count). The Bertz CT molecular complexity index is 396. The smallest absolute Gasteiger partial charge is 0.336 e. The molecule has 0 heterocycles. The van der Waals surface area contributed by atoms with Crippen LogP contribution in [0.25, 0.3) is 0 Å². The van der Waals surface area contributed by atoms with Gasteiger partial charge in [0.2, 0.25) is 0 Å². The van der Waals surface area contributed by atoms with Crippen molar-refractivity contribution in [2.75, 3.05) is 14.2 Å². The van der Waals surface area contributed by atoms with E-state index in [-0.39, 0.29) is 11.5 Å². The van der Waals surface area contributed by atoms with Gasteiger partial charge in [-0.2, -0.15) is 0 Å². The van der Waals surface area contributed by atoms with Crippen LogP contribution in [0.5, 0.6) is 11.5 Å². The highest BCUT2D eigenvalue weighted by Gasteiger charge is 2.17. The molecule has 88 valence electrons. The van der Waals surface area contributed by atoms with Gasteiger partial charge in [0, 0.05) is 0 Å². The van der Waals surface area contributed by atoms with Crippen LogP contribution in [0.15, 0.2) is 12.1 Å². The summed E-state index contributed by atoms with van der Waals surface area (Å²) in [7, 11) is 3.01. The van der Waals surface area contributed by atoms with Crippen molar-refractivity contribution in [3.63, 3.8) is 0 Å². The molecule has 0 aliphatic carbocycles. The number of ether oxygens (including phenoxy) is 2. The minimum Gasteiger partial charge on any atom is -0.493 e. The molecule has 0 aliphatic rings. The van der Waals surface area contributed by atoms with E-state index in [0.29, 0.717) is 11.5 Å². The molecule has 0 unspecified atom stereocenters. The average Bonchev–Trinajstić information content (AvgIpc) is 2.26. The van der Waals surface area contributed by atoms with Gasteiger partial charge >= 0.3 is 5.97 Å². The predicted octanol–water partition coefficient (Wildman–Crippen LogP) is 2.53. The first-order valence-corrected chi connectivity index (χ1v) is 5.00. The van der Waals surface area contributed by atoms with E-state index < -0.39 is 5.97 Å². The van der Waals surface area contributed by atoms with Crippen LogP contribution in [-0.2, 0) is 0 Å². The Kier molecular flexibility index (Phi) is 3.77. The molecule has 0 fully saturated rings. The molecule has 0 amide bonds. The highest BCUT2D eigenvalue weighted by atomic mass is 16.5.